The van der Waals surface area contributed by atoms with E-state index in [-0.39, 0.29) is 28.5 Å². The molecule has 2 atom stereocenters. The summed E-state index contributed by atoms with van der Waals surface area (Å²) in [4.78, 5) is 30.7. The van der Waals surface area contributed by atoms with Crippen molar-refractivity contribution in [3.05, 3.63) is 99.1 Å². The number of pyridine rings is 1. The quantitative estimate of drug-likeness (QED) is 0.233. The van der Waals surface area contributed by atoms with E-state index < -0.39 is 60.9 Å². The standard InChI is InChI=1S/C28H23ClF6N4O4/c1-43-24-7-3-6-22(36-24)21(17-4-2-5-18(12-17)27(30,31)32)13-20(40)14-39-26(42)38(15-23(41)28(33,34)35)25(37-39)16-8-10-19(29)11-9-16/h2-12,21,23,41H,13-15H2,1H3/t21?,23-/m0/s1. The summed E-state index contributed by atoms with van der Waals surface area (Å²) in [6, 6.07) is 14.5. The molecule has 1 N–H and O–H groups in total. The van der Waals surface area contributed by atoms with Gasteiger partial charge in [-0.15, -0.1) is 5.10 Å². The van der Waals surface area contributed by atoms with Crippen molar-refractivity contribution in [2.75, 3.05) is 7.11 Å². The van der Waals surface area contributed by atoms with Gasteiger partial charge in [-0.2, -0.15) is 26.3 Å². The van der Waals surface area contributed by atoms with Crippen molar-refractivity contribution in [1.82, 2.24) is 19.3 Å². The van der Waals surface area contributed by atoms with Crippen molar-refractivity contribution >= 4 is 17.4 Å². The molecule has 43 heavy (non-hydrogen) atoms. The third-order valence-corrected chi connectivity index (χ3v) is 6.70. The summed E-state index contributed by atoms with van der Waals surface area (Å²) in [6.07, 6.45) is -13.1. The van der Waals surface area contributed by atoms with E-state index in [1.807, 2.05) is 0 Å². The molecule has 2 aromatic heterocycles. The summed E-state index contributed by atoms with van der Waals surface area (Å²) in [7, 11) is 1.34. The van der Waals surface area contributed by atoms with Gasteiger partial charge >= 0.3 is 18.0 Å². The molecule has 0 aliphatic heterocycles. The van der Waals surface area contributed by atoms with Crippen LogP contribution >= 0.6 is 11.6 Å². The minimum atomic E-state index is -5.05. The summed E-state index contributed by atoms with van der Waals surface area (Å²) in [5.41, 5.74) is -1.56. The number of aliphatic hydroxyl groups is 1. The predicted molar refractivity (Wildman–Crippen MR) is 143 cm³/mol. The SMILES string of the molecule is COc1cccc(C(CC(=O)Cn2nc(-c3ccc(Cl)cc3)n(C[C@H](O)C(F)(F)F)c2=O)c2cccc(C(F)(F)F)c2)n1. The van der Waals surface area contributed by atoms with E-state index in [1.54, 1.807) is 6.07 Å². The summed E-state index contributed by atoms with van der Waals surface area (Å²) >= 11 is 5.89. The van der Waals surface area contributed by atoms with Crippen molar-refractivity contribution in [1.29, 1.82) is 0 Å². The summed E-state index contributed by atoms with van der Waals surface area (Å²) < 4.78 is 86.2. The lowest BCUT2D eigenvalue weighted by Gasteiger charge is -2.18. The summed E-state index contributed by atoms with van der Waals surface area (Å²) in [5.74, 6) is -1.81. The molecule has 0 aliphatic rings. The topological polar surface area (TPSA) is 99.2 Å². The van der Waals surface area contributed by atoms with Gasteiger partial charge in [-0.3, -0.25) is 9.36 Å². The number of Topliss-reactive ketones (excluding diaryl/α,β-unsaturated/α-hetero) is 1. The number of aromatic nitrogens is 4. The van der Waals surface area contributed by atoms with Gasteiger partial charge in [-0.05, 0) is 42.0 Å². The zero-order chi connectivity index (χ0) is 31.5. The van der Waals surface area contributed by atoms with Crippen LogP contribution < -0.4 is 10.4 Å². The fourth-order valence-corrected chi connectivity index (χ4v) is 4.45. The van der Waals surface area contributed by atoms with Gasteiger partial charge < -0.3 is 9.84 Å². The van der Waals surface area contributed by atoms with E-state index in [2.05, 4.69) is 10.1 Å². The van der Waals surface area contributed by atoms with Gasteiger partial charge in [0.05, 0.1) is 24.9 Å². The van der Waals surface area contributed by atoms with Gasteiger partial charge in [0, 0.05) is 29.0 Å². The minimum absolute atomic E-state index is 0.108. The lowest BCUT2D eigenvalue weighted by atomic mass is 9.89. The van der Waals surface area contributed by atoms with Crippen LogP contribution in [-0.4, -0.2) is 49.6 Å². The van der Waals surface area contributed by atoms with Crippen molar-refractivity contribution in [2.24, 2.45) is 0 Å². The number of methoxy groups -OCH3 is 1. The number of ketones is 1. The second-order valence-electron chi connectivity index (χ2n) is 9.46. The highest BCUT2D eigenvalue weighted by molar-refractivity contribution is 6.30. The molecule has 0 saturated carbocycles. The maximum absolute atomic E-state index is 13.5. The van der Waals surface area contributed by atoms with E-state index in [9.17, 15) is 41.0 Å². The fourth-order valence-electron chi connectivity index (χ4n) is 4.32. The van der Waals surface area contributed by atoms with Crippen LogP contribution in [0.3, 0.4) is 0 Å². The Morgan fingerprint density at radius 2 is 1.70 bits per heavy atom. The zero-order valence-corrected chi connectivity index (χ0v) is 23.0. The van der Waals surface area contributed by atoms with Gasteiger partial charge in [0.15, 0.2) is 17.7 Å². The lowest BCUT2D eigenvalue weighted by Crippen LogP contribution is -2.37. The zero-order valence-electron chi connectivity index (χ0n) is 22.2. The monoisotopic (exact) mass is 628 g/mol. The normalized spacial score (nSPS) is 13.5. The largest absolute Gasteiger partial charge is 0.481 e. The first-order valence-electron chi connectivity index (χ1n) is 12.6. The smallest absolute Gasteiger partial charge is 0.416 e. The second-order valence-corrected chi connectivity index (χ2v) is 9.90. The van der Waals surface area contributed by atoms with Crippen molar-refractivity contribution < 1.29 is 41.0 Å². The number of rotatable bonds is 10. The summed E-state index contributed by atoms with van der Waals surface area (Å²) in [6.45, 7) is -1.93. The Balaban J connectivity index is 1.71. The fraction of sp³-hybridized carbons (Fsp3) is 0.286. The molecule has 0 bridgehead atoms. The third kappa shape index (κ3) is 7.62. The highest BCUT2D eigenvalue weighted by Gasteiger charge is 2.39. The number of aliphatic hydroxyl groups excluding tert-OH is 1. The molecule has 0 saturated heterocycles. The first-order chi connectivity index (χ1) is 20.2. The van der Waals surface area contributed by atoms with Gasteiger partial charge in [-0.1, -0.05) is 35.9 Å². The van der Waals surface area contributed by atoms with Gasteiger partial charge in [0.2, 0.25) is 5.88 Å². The minimum Gasteiger partial charge on any atom is -0.481 e. The maximum Gasteiger partial charge on any atom is 0.416 e. The number of nitrogens with zero attached hydrogens (tertiary/aromatic N) is 4. The van der Waals surface area contributed by atoms with Crippen LogP contribution in [-0.2, 0) is 24.1 Å². The Labute approximate surface area is 245 Å². The number of hydrogen-bond acceptors (Lipinski definition) is 6. The number of alkyl halides is 6. The molecular weight excluding hydrogens is 606 g/mol. The number of hydrogen-bond donors (Lipinski definition) is 1. The molecule has 2 heterocycles. The van der Waals surface area contributed by atoms with Gasteiger partial charge in [0.1, 0.15) is 6.54 Å². The first-order valence-corrected chi connectivity index (χ1v) is 12.9. The lowest BCUT2D eigenvalue weighted by molar-refractivity contribution is -0.207. The van der Waals surface area contributed by atoms with Crippen LogP contribution in [0.5, 0.6) is 5.88 Å². The van der Waals surface area contributed by atoms with Crippen molar-refractivity contribution in [2.45, 2.75) is 43.9 Å². The maximum atomic E-state index is 13.5. The van der Waals surface area contributed by atoms with Crippen LogP contribution in [0, 0.1) is 0 Å². The Kier molecular flexibility index (Phi) is 9.30. The van der Waals surface area contributed by atoms with Gasteiger partial charge in [0.25, 0.3) is 0 Å². The Morgan fingerprint density at radius 3 is 2.33 bits per heavy atom. The average molecular weight is 629 g/mol. The second kappa shape index (κ2) is 12.6. The average Bonchev–Trinajstić information content (AvgIpc) is 3.25. The predicted octanol–water partition coefficient (Wildman–Crippen LogP) is 5.50. The highest BCUT2D eigenvalue weighted by Crippen LogP contribution is 2.34. The highest BCUT2D eigenvalue weighted by atomic mass is 35.5. The molecule has 0 aliphatic carbocycles. The van der Waals surface area contributed by atoms with Crippen molar-refractivity contribution in [3.63, 3.8) is 0 Å². The molecule has 2 aromatic carbocycles. The van der Waals surface area contributed by atoms with Crippen LogP contribution in [0.15, 0.2) is 71.5 Å². The van der Waals surface area contributed by atoms with Crippen LogP contribution in [0.4, 0.5) is 26.3 Å². The molecule has 8 nitrogen and oxygen atoms in total. The molecule has 0 spiro atoms. The number of carbonyl (C=O) groups excluding carboxylic acids is 1. The molecule has 0 amide bonds. The number of ether oxygens (including phenoxy) is 1. The van der Waals surface area contributed by atoms with Crippen LogP contribution in [0.1, 0.15) is 29.2 Å². The van der Waals surface area contributed by atoms with Gasteiger partial charge in [-0.25, -0.2) is 14.5 Å². The summed E-state index contributed by atoms with van der Waals surface area (Å²) in [5, 5.41) is 14.0. The molecular formula is C28H23ClF6N4O4. The molecule has 15 heteroatoms. The molecule has 4 rings (SSSR count). The molecule has 1 unspecified atom stereocenters. The molecule has 228 valence electrons. The van der Waals surface area contributed by atoms with Crippen LogP contribution in [0.2, 0.25) is 5.02 Å². The Hall–Kier alpha value is -4.17. The molecule has 0 radical (unpaired) electrons. The van der Waals surface area contributed by atoms with E-state index in [4.69, 9.17) is 16.3 Å². The first kappa shape index (κ1) is 31.8. The van der Waals surface area contributed by atoms with Crippen LogP contribution in [0.25, 0.3) is 11.4 Å². The number of halogens is 7. The number of carbonyl (C=O) groups is 1. The van der Waals surface area contributed by atoms with E-state index in [0.717, 1.165) is 12.1 Å². The Bertz CT molecular complexity index is 1650. The third-order valence-electron chi connectivity index (χ3n) is 6.44. The number of benzene rings is 2. The Morgan fingerprint density at radius 1 is 1.02 bits per heavy atom. The van der Waals surface area contributed by atoms with E-state index >= 15 is 0 Å². The molecule has 4 aromatic rings. The van der Waals surface area contributed by atoms with Crippen molar-refractivity contribution in [3.8, 4) is 17.3 Å². The van der Waals surface area contributed by atoms with E-state index in [0.29, 0.717) is 14.3 Å². The van der Waals surface area contributed by atoms with E-state index in [1.165, 1.54) is 55.6 Å². The molecule has 0 fully saturated rings.